The third kappa shape index (κ3) is 3.28. The van der Waals surface area contributed by atoms with Crippen molar-refractivity contribution in [2.24, 2.45) is 0 Å². The van der Waals surface area contributed by atoms with E-state index in [1.54, 1.807) is 7.11 Å². The second-order valence-electron chi connectivity index (χ2n) is 4.80. The summed E-state index contributed by atoms with van der Waals surface area (Å²) in [6.07, 6.45) is 0.904. The fourth-order valence-corrected chi connectivity index (χ4v) is 2.17. The summed E-state index contributed by atoms with van der Waals surface area (Å²) in [6, 6.07) is 7.89. The molecule has 2 heterocycles. The lowest BCUT2D eigenvalue weighted by molar-refractivity contribution is 0.210. The van der Waals surface area contributed by atoms with Gasteiger partial charge in [0.2, 0.25) is 0 Å². The maximum atomic E-state index is 5.71. The van der Waals surface area contributed by atoms with Gasteiger partial charge in [0.25, 0.3) is 0 Å². The Kier molecular flexibility index (Phi) is 4.25. The zero-order valence-corrected chi connectivity index (χ0v) is 12.0. The summed E-state index contributed by atoms with van der Waals surface area (Å²) in [4.78, 5) is 0. The number of hydrogen-bond acceptors (Lipinski definition) is 5. The van der Waals surface area contributed by atoms with Crippen LogP contribution in [-0.4, -0.2) is 43.7 Å². The van der Waals surface area contributed by atoms with E-state index in [0.717, 1.165) is 41.5 Å². The van der Waals surface area contributed by atoms with Gasteiger partial charge in [0, 0.05) is 31.7 Å². The number of aromatic nitrogens is 2. The maximum Gasteiger partial charge on any atom is 0.161 e. The molecule has 6 nitrogen and oxygen atoms in total. The van der Waals surface area contributed by atoms with Gasteiger partial charge in [-0.15, -0.1) is 0 Å². The van der Waals surface area contributed by atoms with Gasteiger partial charge >= 0.3 is 0 Å². The van der Waals surface area contributed by atoms with Gasteiger partial charge in [-0.25, -0.2) is 0 Å². The molecule has 0 spiro atoms. The maximum absolute atomic E-state index is 5.71. The predicted molar refractivity (Wildman–Crippen MR) is 80.0 cm³/mol. The van der Waals surface area contributed by atoms with Crippen LogP contribution in [0.25, 0.3) is 11.3 Å². The van der Waals surface area contributed by atoms with Crippen LogP contribution in [0.4, 0.5) is 5.82 Å². The average Bonchev–Trinajstić information content (AvgIpc) is 2.85. The van der Waals surface area contributed by atoms with Crippen molar-refractivity contribution in [2.45, 2.75) is 6.42 Å². The molecule has 21 heavy (non-hydrogen) atoms. The first-order valence-electron chi connectivity index (χ1n) is 7.05. The van der Waals surface area contributed by atoms with Crippen molar-refractivity contribution >= 4 is 5.82 Å². The second-order valence-corrected chi connectivity index (χ2v) is 4.80. The number of methoxy groups -OCH3 is 1. The van der Waals surface area contributed by atoms with Crippen molar-refractivity contribution < 1.29 is 14.2 Å². The molecule has 3 rings (SSSR count). The Morgan fingerprint density at radius 2 is 2.10 bits per heavy atom. The van der Waals surface area contributed by atoms with Gasteiger partial charge in [-0.3, -0.25) is 5.10 Å². The van der Waals surface area contributed by atoms with Gasteiger partial charge in [-0.2, -0.15) is 5.10 Å². The van der Waals surface area contributed by atoms with Gasteiger partial charge in [0.15, 0.2) is 11.5 Å². The third-order valence-corrected chi connectivity index (χ3v) is 3.25. The zero-order chi connectivity index (χ0) is 14.5. The minimum absolute atomic E-state index is 0.645. The highest BCUT2D eigenvalue weighted by Crippen LogP contribution is 2.34. The molecule has 2 N–H and O–H groups in total. The quantitative estimate of drug-likeness (QED) is 0.827. The van der Waals surface area contributed by atoms with Crippen LogP contribution >= 0.6 is 0 Å². The van der Waals surface area contributed by atoms with E-state index in [1.165, 1.54) is 0 Å². The molecule has 0 amide bonds. The number of aromatic amines is 1. The first-order chi connectivity index (χ1) is 10.4. The Morgan fingerprint density at radius 1 is 1.24 bits per heavy atom. The van der Waals surface area contributed by atoms with E-state index < -0.39 is 0 Å². The first-order valence-corrected chi connectivity index (χ1v) is 7.05. The van der Waals surface area contributed by atoms with E-state index in [-0.39, 0.29) is 0 Å². The molecule has 1 aliphatic heterocycles. The van der Waals surface area contributed by atoms with E-state index in [4.69, 9.17) is 14.2 Å². The van der Waals surface area contributed by atoms with E-state index in [1.807, 2.05) is 24.3 Å². The van der Waals surface area contributed by atoms with Crippen LogP contribution in [0.3, 0.4) is 0 Å². The van der Waals surface area contributed by atoms with Crippen LogP contribution in [-0.2, 0) is 4.74 Å². The van der Waals surface area contributed by atoms with Gasteiger partial charge < -0.3 is 19.5 Å². The van der Waals surface area contributed by atoms with Crippen LogP contribution in [0.1, 0.15) is 6.42 Å². The summed E-state index contributed by atoms with van der Waals surface area (Å²) in [5.74, 6) is 2.39. The molecule has 0 unspecified atom stereocenters. The van der Waals surface area contributed by atoms with Crippen molar-refractivity contribution in [3.05, 3.63) is 24.3 Å². The van der Waals surface area contributed by atoms with Gasteiger partial charge in [0.1, 0.15) is 5.82 Å². The van der Waals surface area contributed by atoms with E-state index in [9.17, 15) is 0 Å². The summed E-state index contributed by atoms with van der Waals surface area (Å²) in [7, 11) is 1.68. The normalized spacial score (nSPS) is 13.8. The van der Waals surface area contributed by atoms with Crippen molar-refractivity contribution in [3.8, 4) is 22.8 Å². The van der Waals surface area contributed by atoms with E-state index in [0.29, 0.717) is 19.8 Å². The Balaban J connectivity index is 1.76. The number of nitrogens with one attached hydrogen (secondary N) is 2. The minimum atomic E-state index is 0.645. The lowest BCUT2D eigenvalue weighted by atomic mass is 10.1. The second kappa shape index (κ2) is 6.49. The van der Waals surface area contributed by atoms with Crippen molar-refractivity contribution in [3.63, 3.8) is 0 Å². The molecule has 1 aromatic carbocycles. The molecule has 2 aromatic rings. The van der Waals surface area contributed by atoms with E-state index >= 15 is 0 Å². The molecule has 1 aliphatic rings. The SMILES string of the molecule is COCCNc1cc(-c2ccc3c(c2)OCCCO3)[nH]n1. The van der Waals surface area contributed by atoms with Crippen molar-refractivity contribution in [2.75, 3.05) is 38.8 Å². The van der Waals surface area contributed by atoms with Crippen molar-refractivity contribution in [1.82, 2.24) is 10.2 Å². The highest BCUT2D eigenvalue weighted by atomic mass is 16.5. The number of nitrogens with zero attached hydrogens (tertiary/aromatic N) is 1. The van der Waals surface area contributed by atoms with Gasteiger partial charge in [0.05, 0.1) is 25.5 Å². The molecule has 1 aromatic heterocycles. The smallest absolute Gasteiger partial charge is 0.161 e. The lowest BCUT2D eigenvalue weighted by Crippen LogP contribution is -2.07. The molecule has 0 saturated heterocycles. The van der Waals surface area contributed by atoms with Crippen LogP contribution in [0.5, 0.6) is 11.5 Å². The fourth-order valence-electron chi connectivity index (χ4n) is 2.17. The predicted octanol–water partition coefficient (Wildman–Crippen LogP) is 2.30. The van der Waals surface area contributed by atoms with Crippen LogP contribution in [0.2, 0.25) is 0 Å². The Morgan fingerprint density at radius 3 is 2.95 bits per heavy atom. The largest absolute Gasteiger partial charge is 0.490 e. The molecule has 0 aliphatic carbocycles. The molecular weight excluding hydrogens is 270 g/mol. The molecule has 112 valence electrons. The van der Waals surface area contributed by atoms with Crippen LogP contribution < -0.4 is 14.8 Å². The monoisotopic (exact) mass is 289 g/mol. The summed E-state index contributed by atoms with van der Waals surface area (Å²) >= 11 is 0. The minimum Gasteiger partial charge on any atom is -0.490 e. The fraction of sp³-hybridized carbons (Fsp3) is 0.400. The summed E-state index contributed by atoms with van der Waals surface area (Å²) < 4.78 is 16.3. The number of hydrogen-bond donors (Lipinski definition) is 2. The van der Waals surface area contributed by atoms with Gasteiger partial charge in [-0.05, 0) is 18.2 Å². The Bertz CT molecular complexity index is 598. The van der Waals surface area contributed by atoms with Crippen LogP contribution in [0.15, 0.2) is 24.3 Å². The number of anilines is 1. The average molecular weight is 289 g/mol. The Labute approximate surface area is 123 Å². The summed E-state index contributed by atoms with van der Waals surface area (Å²) in [5, 5.41) is 10.4. The molecular formula is C15H19N3O3. The standard InChI is InChI=1S/C15H19N3O3/c1-19-8-5-16-15-10-12(17-18-15)11-3-4-13-14(9-11)21-7-2-6-20-13/h3-4,9-10H,2,5-8H2,1H3,(H2,16,17,18). The molecule has 0 radical (unpaired) electrons. The molecule has 0 bridgehead atoms. The number of ether oxygens (including phenoxy) is 3. The van der Waals surface area contributed by atoms with Gasteiger partial charge in [-0.1, -0.05) is 0 Å². The molecule has 0 saturated carbocycles. The zero-order valence-electron chi connectivity index (χ0n) is 12.0. The first kappa shape index (κ1) is 13.8. The Hall–Kier alpha value is -2.21. The number of H-pyrrole nitrogens is 1. The number of fused-ring (bicyclic) bond motifs is 1. The molecule has 0 atom stereocenters. The third-order valence-electron chi connectivity index (χ3n) is 3.25. The highest BCUT2D eigenvalue weighted by Gasteiger charge is 2.12. The van der Waals surface area contributed by atoms with E-state index in [2.05, 4.69) is 15.5 Å². The molecule has 0 fully saturated rings. The summed E-state index contributed by atoms with van der Waals surface area (Å²) in [6.45, 7) is 2.75. The van der Waals surface area contributed by atoms with Crippen molar-refractivity contribution in [1.29, 1.82) is 0 Å². The highest BCUT2D eigenvalue weighted by molar-refractivity contribution is 5.66. The van der Waals surface area contributed by atoms with Crippen LogP contribution in [0, 0.1) is 0 Å². The summed E-state index contributed by atoms with van der Waals surface area (Å²) in [5.41, 5.74) is 1.96. The topological polar surface area (TPSA) is 68.4 Å². The number of benzene rings is 1. The lowest BCUT2D eigenvalue weighted by Gasteiger charge is -2.08. The molecule has 6 heteroatoms. The number of rotatable bonds is 5.